The summed E-state index contributed by atoms with van der Waals surface area (Å²) in [4.78, 5) is 26.0. The molecule has 0 radical (unpaired) electrons. The van der Waals surface area contributed by atoms with Gasteiger partial charge >= 0.3 is 0 Å². The third kappa shape index (κ3) is 8.16. The van der Waals surface area contributed by atoms with Crippen molar-refractivity contribution in [3.63, 3.8) is 0 Å². The van der Waals surface area contributed by atoms with Gasteiger partial charge in [0.25, 0.3) is 0 Å². The minimum atomic E-state index is -0.114. The monoisotopic (exact) mass is 347 g/mol. The molecule has 5 nitrogen and oxygen atoms in total. The molecule has 25 heavy (non-hydrogen) atoms. The lowest BCUT2D eigenvalue weighted by atomic mass is 10.0. The third-order valence-corrected chi connectivity index (χ3v) is 4.29. The number of nitrogens with zero attached hydrogens (tertiary/aromatic N) is 1. The lowest BCUT2D eigenvalue weighted by Gasteiger charge is -2.19. The summed E-state index contributed by atoms with van der Waals surface area (Å²) < 4.78 is 0. The van der Waals surface area contributed by atoms with Crippen LogP contribution in [-0.2, 0) is 9.59 Å². The van der Waals surface area contributed by atoms with Crippen LogP contribution < -0.4 is 10.6 Å². The van der Waals surface area contributed by atoms with Gasteiger partial charge in [0.05, 0.1) is 13.1 Å². The van der Waals surface area contributed by atoms with Gasteiger partial charge in [-0.2, -0.15) is 0 Å². The Balaban J connectivity index is 2.40. The molecule has 1 rings (SSSR count). The first-order valence-electron chi connectivity index (χ1n) is 9.03. The lowest BCUT2D eigenvalue weighted by Crippen LogP contribution is -2.42. The first-order chi connectivity index (χ1) is 11.7. The molecule has 0 aliphatic rings. The van der Waals surface area contributed by atoms with Gasteiger partial charge in [0.15, 0.2) is 0 Å². The minimum Gasteiger partial charge on any atom is -0.353 e. The van der Waals surface area contributed by atoms with E-state index >= 15 is 0 Å². The zero-order chi connectivity index (χ0) is 19.0. The van der Waals surface area contributed by atoms with Crippen molar-refractivity contribution in [2.45, 2.75) is 53.5 Å². The fraction of sp³-hybridized carbons (Fsp3) is 0.600. The van der Waals surface area contributed by atoms with Crippen molar-refractivity contribution in [1.29, 1.82) is 0 Å². The van der Waals surface area contributed by atoms with E-state index in [1.54, 1.807) is 11.9 Å². The van der Waals surface area contributed by atoms with E-state index in [9.17, 15) is 9.59 Å². The standard InChI is InChI=1S/C20H33N3O2/c1-14(2)10-11-16(4)21-19(24)12-23(6)13-20(25)22-18-9-7-8-15(3)17(18)5/h7-9,14,16H,10-13H2,1-6H3,(H,21,24)(H,22,25)/t16-/m0/s1. The van der Waals surface area contributed by atoms with Gasteiger partial charge in [-0.05, 0) is 63.8 Å². The molecule has 0 spiro atoms. The van der Waals surface area contributed by atoms with Crippen molar-refractivity contribution in [2.75, 3.05) is 25.5 Å². The number of benzene rings is 1. The number of hydrogen-bond donors (Lipinski definition) is 2. The molecule has 0 aromatic heterocycles. The van der Waals surface area contributed by atoms with Gasteiger partial charge in [0.1, 0.15) is 0 Å². The molecule has 0 bridgehead atoms. The minimum absolute atomic E-state index is 0.0432. The normalized spacial score (nSPS) is 12.3. The number of carbonyl (C=O) groups is 2. The second kappa shape index (κ2) is 10.2. The van der Waals surface area contributed by atoms with Crippen LogP contribution >= 0.6 is 0 Å². The molecule has 1 aromatic carbocycles. The van der Waals surface area contributed by atoms with Crippen molar-refractivity contribution in [3.05, 3.63) is 29.3 Å². The maximum Gasteiger partial charge on any atom is 0.238 e. The molecule has 0 aliphatic carbocycles. The zero-order valence-electron chi connectivity index (χ0n) is 16.5. The van der Waals surface area contributed by atoms with Crippen molar-refractivity contribution in [3.8, 4) is 0 Å². The first-order valence-corrected chi connectivity index (χ1v) is 9.03. The molecule has 0 saturated heterocycles. The van der Waals surface area contributed by atoms with E-state index in [1.807, 2.05) is 39.0 Å². The van der Waals surface area contributed by atoms with Crippen molar-refractivity contribution in [1.82, 2.24) is 10.2 Å². The van der Waals surface area contributed by atoms with Crippen LogP contribution in [0.15, 0.2) is 18.2 Å². The average molecular weight is 348 g/mol. The number of amides is 2. The predicted octanol–water partition coefficient (Wildman–Crippen LogP) is 3.11. The smallest absolute Gasteiger partial charge is 0.238 e. The number of likely N-dealkylation sites (N-methyl/N-ethyl adjacent to an activating group) is 1. The Bertz CT molecular complexity index is 584. The summed E-state index contributed by atoms with van der Waals surface area (Å²) >= 11 is 0. The topological polar surface area (TPSA) is 61.4 Å². The second-order valence-electron chi connectivity index (χ2n) is 7.41. The fourth-order valence-electron chi connectivity index (χ4n) is 2.60. The molecule has 0 heterocycles. The van der Waals surface area contributed by atoms with E-state index in [0.29, 0.717) is 5.92 Å². The number of hydrogen-bond acceptors (Lipinski definition) is 3. The molecule has 0 unspecified atom stereocenters. The van der Waals surface area contributed by atoms with Gasteiger partial charge in [-0.15, -0.1) is 0 Å². The highest BCUT2D eigenvalue weighted by molar-refractivity contribution is 5.93. The summed E-state index contributed by atoms with van der Waals surface area (Å²) in [6, 6.07) is 5.99. The molecular weight excluding hydrogens is 314 g/mol. The number of rotatable bonds is 9. The molecular formula is C20H33N3O2. The van der Waals surface area contributed by atoms with E-state index in [0.717, 1.165) is 29.7 Å². The van der Waals surface area contributed by atoms with Crippen LogP contribution in [0.3, 0.4) is 0 Å². The van der Waals surface area contributed by atoms with E-state index < -0.39 is 0 Å². The summed E-state index contributed by atoms with van der Waals surface area (Å²) in [7, 11) is 1.78. The van der Waals surface area contributed by atoms with Crippen LogP contribution in [-0.4, -0.2) is 42.9 Å². The molecule has 0 saturated carbocycles. The SMILES string of the molecule is Cc1cccc(NC(=O)CN(C)CC(=O)N[C@@H](C)CCC(C)C)c1C. The Hall–Kier alpha value is -1.88. The number of nitrogens with one attached hydrogen (secondary N) is 2. The van der Waals surface area contributed by atoms with E-state index in [-0.39, 0.29) is 30.9 Å². The summed E-state index contributed by atoms with van der Waals surface area (Å²) in [5, 5.41) is 5.91. The van der Waals surface area contributed by atoms with Crippen molar-refractivity contribution < 1.29 is 9.59 Å². The quantitative estimate of drug-likeness (QED) is 0.721. The van der Waals surface area contributed by atoms with Crippen molar-refractivity contribution in [2.24, 2.45) is 5.92 Å². The van der Waals surface area contributed by atoms with E-state index in [2.05, 4.69) is 24.5 Å². The summed E-state index contributed by atoms with van der Waals surface area (Å²) in [5.41, 5.74) is 3.03. The van der Waals surface area contributed by atoms with Crippen LogP contribution in [0.5, 0.6) is 0 Å². The number of aryl methyl sites for hydroxylation is 1. The molecule has 1 atom stereocenters. The van der Waals surface area contributed by atoms with Crippen LogP contribution in [0.2, 0.25) is 0 Å². The van der Waals surface area contributed by atoms with Crippen molar-refractivity contribution >= 4 is 17.5 Å². The molecule has 0 fully saturated rings. The van der Waals surface area contributed by atoms with Crippen LogP contribution in [0, 0.1) is 19.8 Å². The first kappa shape index (κ1) is 21.2. The van der Waals surface area contributed by atoms with Gasteiger partial charge in [-0.25, -0.2) is 0 Å². The largest absolute Gasteiger partial charge is 0.353 e. The zero-order valence-corrected chi connectivity index (χ0v) is 16.5. The van der Waals surface area contributed by atoms with Crippen LogP contribution in [0.4, 0.5) is 5.69 Å². The Morgan fingerprint density at radius 1 is 1.04 bits per heavy atom. The van der Waals surface area contributed by atoms with Gasteiger partial charge in [-0.3, -0.25) is 14.5 Å². The highest BCUT2D eigenvalue weighted by atomic mass is 16.2. The van der Waals surface area contributed by atoms with Gasteiger partial charge in [0, 0.05) is 11.7 Å². The third-order valence-electron chi connectivity index (χ3n) is 4.29. The average Bonchev–Trinajstić information content (AvgIpc) is 2.49. The number of carbonyl (C=O) groups excluding carboxylic acids is 2. The summed E-state index contributed by atoms with van der Waals surface area (Å²) in [5.74, 6) is 0.478. The Labute approximate surface area is 152 Å². The summed E-state index contributed by atoms with van der Waals surface area (Å²) in [6.45, 7) is 10.8. The highest BCUT2D eigenvalue weighted by Crippen LogP contribution is 2.17. The maximum atomic E-state index is 12.2. The molecule has 1 aromatic rings. The highest BCUT2D eigenvalue weighted by Gasteiger charge is 2.14. The van der Waals surface area contributed by atoms with Crippen LogP contribution in [0.1, 0.15) is 44.7 Å². The number of anilines is 1. The van der Waals surface area contributed by atoms with Crippen LogP contribution in [0.25, 0.3) is 0 Å². The molecule has 0 aliphatic heterocycles. The van der Waals surface area contributed by atoms with Gasteiger partial charge in [0.2, 0.25) is 11.8 Å². The van der Waals surface area contributed by atoms with E-state index in [1.165, 1.54) is 0 Å². The molecule has 5 heteroatoms. The molecule has 2 amide bonds. The van der Waals surface area contributed by atoms with Gasteiger partial charge in [-0.1, -0.05) is 26.0 Å². The van der Waals surface area contributed by atoms with E-state index in [4.69, 9.17) is 0 Å². The Kier molecular flexibility index (Phi) is 8.62. The van der Waals surface area contributed by atoms with Gasteiger partial charge < -0.3 is 10.6 Å². The Morgan fingerprint density at radius 2 is 1.68 bits per heavy atom. The molecule has 2 N–H and O–H groups in total. The summed E-state index contributed by atoms with van der Waals surface area (Å²) in [6.07, 6.45) is 2.07. The predicted molar refractivity (Wildman–Crippen MR) is 104 cm³/mol. The Morgan fingerprint density at radius 3 is 2.32 bits per heavy atom. The second-order valence-corrected chi connectivity index (χ2v) is 7.41. The fourth-order valence-corrected chi connectivity index (χ4v) is 2.60. The molecule has 140 valence electrons. The lowest BCUT2D eigenvalue weighted by molar-refractivity contribution is -0.123. The maximum absolute atomic E-state index is 12.2.